The van der Waals surface area contributed by atoms with Crippen molar-refractivity contribution in [2.45, 2.75) is 13.8 Å². The highest BCUT2D eigenvalue weighted by Crippen LogP contribution is 2.18. The van der Waals surface area contributed by atoms with Gasteiger partial charge in [-0.15, -0.1) is 11.8 Å². The third-order valence-electron chi connectivity index (χ3n) is 2.70. The second-order valence-electron chi connectivity index (χ2n) is 3.79. The summed E-state index contributed by atoms with van der Waals surface area (Å²) < 4.78 is 0.991. The van der Waals surface area contributed by atoms with Crippen LogP contribution in [-0.2, 0) is 0 Å². The summed E-state index contributed by atoms with van der Waals surface area (Å²) in [6.45, 7) is 7.43. The lowest BCUT2D eigenvalue weighted by molar-refractivity contribution is 0.320. The van der Waals surface area contributed by atoms with Crippen molar-refractivity contribution in [1.82, 2.24) is 4.90 Å². The van der Waals surface area contributed by atoms with Gasteiger partial charge in [-0.1, -0.05) is 47.1 Å². The van der Waals surface area contributed by atoms with Gasteiger partial charge in [-0.25, -0.2) is 0 Å². The van der Waals surface area contributed by atoms with E-state index in [9.17, 15) is 0 Å². The van der Waals surface area contributed by atoms with E-state index in [0.717, 1.165) is 35.4 Å². The molecule has 1 aromatic carbocycles. The average Bonchev–Trinajstić information content (AvgIpc) is 2.39. The quantitative estimate of drug-likeness (QED) is 0.374. The first-order valence-corrected chi connectivity index (χ1v) is 7.82. The summed E-state index contributed by atoms with van der Waals surface area (Å²) in [6.07, 6.45) is 0. The van der Waals surface area contributed by atoms with Crippen molar-refractivity contribution in [2.75, 3.05) is 25.4 Å². The summed E-state index contributed by atoms with van der Waals surface area (Å²) in [5, 5.41) is 13.1. The van der Waals surface area contributed by atoms with Crippen LogP contribution in [0.15, 0.2) is 33.9 Å². The van der Waals surface area contributed by atoms with E-state index in [1.54, 1.807) is 11.8 Å². The minimum absolute atomic E-state index is 0.670. The van der Waals surface area contributed by atoms with Crippen LogP contribution in [0.4, 0.5) is 0 Å². The molecule has 0 bridgehead atoms. The van der Waals surface area contributed by atoms with Crippen LogP contribution >= 0.6 is 27.7 Å². The molecular weight excluding hydrogens is 312 g/mol. The largest absolute Gasteiger partial charge is 0.410 e. The molecule has 5 heteroatoms. The predicted molar refractivity (Wildman–Crippen MR) is 82.7 cm³/mol. The molecule has 0 aliphatic carbocycles. The first-order chi connectivity index (χ1) is 8.71. The van der Waals surface area contributed by atoms with Crippen LogP contribution in [0.2, 0.25) is 0 Å². The maximum atomic E-state index is 9.09. The van der Waals surface area contributed by atoms with E-state index in [2.05, 4.69) is 39.8 Å². The smallest absolute Gasteiger partial charge is 0.143 e. The monoisotopic (exact) mass is 330 g/mol. The number of benzene rings is 1. The van der Waals surface area contributed by atoms with Crippen LogP contribution in [0, 0.1) is 0 Å². The number of hydrogen-bond acceptors (Lipinski definition) is 4. The Balaban J connectivity index is 2.54. The molecule has 0 amide bonds. The molecule has 100 valence electrons. The van der Waals surface area contributed by atoms with Gasteiger partial charge in [0.2, 0.25) is 0 Å². The molecule has 0 spiro atoms. The number of halogens is 1. The second-order valence-corrected chi connectivity index (χ2v) is 5.79. The zero-order valence-electron chi connectivity index (χ0n) is 10.8. The molecule has 0 saturated carbocycles. The van der Waals surface area contributed by atoms with Crippen molar-refractivity contribution in [2.24, 2.45) is 5.16 Å². The van der Waals surface area contributed by atoms with Crippen LogP contribution in [0.1, 0.15) is 19.4 Å². The van der Waals surface area contributed by atoms with E-state index in [-0.39, 0.29) is 0 Å². The normalized spacial score (nSPS) is 12.1. The summed E-state index contributed by atoms with van der Waals surface area (Å²) >= 11 is 5.00. The van der Waals surface area contributed by atoms with Gasteiger partial charge >= 0.3 is 0 Å². The van der Waals surface area contributed by atoms with Crippen molar-refractivity contribution in [3.05, 3.63) is 34.3 Å². The molecule has 0 atom stereocenters. The molecular formula is C13H19BrN2OS. The van der Waals surface area contributed by atoms with Gasteiger partial charge in [-0.05, 0) is 25.2 Å². The first kappa shape index (κ1) is 15.5. The number of rotatable bonds is 6. The summed E-state index contributed by atoms with van der Waals surface area (Å²) in [7, 11) is 0. The van der Waals surface area contributed by atoms with E-state index in [1.807, 2.05) is 24.3 Å². The molecule has 3 nitrogen and oxygen atoms in total. The minimum atomic E-state index is 0.670. The maximum absolute atomic E-state index is 9.09. The van der Waals surface area contributed by atoms with Gasteiger partial charge in [0.05, 0.1) is 0 Å². The average molecular weight is 331 g/mol. The van der Waals surface area contributed by atoms with Crippen molar-refractivity contribution >= 4 is 32.7 Å². The highest BCUT2D eigenvalue weighted by atomic mass is 79.9. The fraction of sp³-hybridized carbons (Fsp3) is 0.462. The highest BCUT2D eigenvalue weighted by molar-refractivity contribution is 9.10. The fourth-order valence-corrected chi connectivity index (χ4v) is 2.90. The summed E-state index contributed by atoms with van der Waals surface area (Å²) in [5.74, 6) is 0.924. The third-order valence-corrected chi connectivity index (χ3v) is 4.17. The first-order valence-electron chi connectivity index (χ1n) is 6.04. The number of nitrogens with zero attached hydrogens (tertiary/aromatic N) is 2. The van der Waals surface area contributed by atoms with Crippen LogP contribution in [0.25, 0.3) is 0 Å². The Labute approximate surface area is 121 Å². The van der Waals surface area contributed by atoms with E-state index >= 15 is 0 Å². The zero-order chi connectivity index (χ0) is 13.4. The second kappa shape index (κ2) is 8.56. The molecule has 0 aliphatic heterocycles. The molecule has 1 aromatic rings. The summed E-state index contributed by atoms with van der Waals surface area (Å²) in [5.41, 5.74) is 0.941. The fourth-order valence-electron chi connectivity index (χ4n) is 1.60. The zero-order valence-corrected chi connectivity index (χ0v) is 13.2. The molecule has 1 N–H and O–H groups in total. The summed E-state index contributed by atoms with van der Waals surface area (Å²) in [4.78, 5) is 2.35. The van der Waals surface area contributed by atoms with Crippen LogP contribution in [0.5, 0.6) is 0 Å². The molecule has 0 fully saturated rings. The van der Waals surface area contributed by atoms with E-state index in [4.69, 9.17) is 5.21 Å². The Bertz CT molecular complexity index is 394. The standard InChI is InChI=1S/C13H19BrN2OS/c1-3-16(4-2)8-9-18-13(15-17)11-6-5-7-12(14)10-11/h5-7,10,17H,3-4,8-9H2,1-2H3/b15-13+. The van der Waals surface area contributed by atoms with Crippen molar-refractivity contribution in [3.63, 3.8) is 0 Å². The van der Waals surface area contributed by atoms with Crippen LogP contribution in [0.3, 0.4) is 0 Å². The van der Waals surface area contributed by atoms with Crippen molar-refractivity contribution < 1.29 is 5.21 Å². The minimum Gasteiger partial charge on any atom is -0.410 e. The van der Waals surface area contributed by atoms with Gasteiger partial charge in [0.15, 0.2) is 0 Å². The Kier molecular flexibility index (Phi) is 7.39. The van der Waals surface area contributed by atoms with Crippen LogP contribution < -0.4 is 0 Å². The van der Waals surface area contributed by atoms with Crippen molar-refractivity contribution in [3.8, 4) is 0 Å². The molecule has 0 saturated heterocycles. The lowest BCUT2D eigenvalue weighted by Crippen LogP contribution is -2.25. The SMILES string of the molecule is CCN(CC)CCS/C(=N/O)c1cccc(Br)c1. The lowest BCUT2D eigenvalue weighted by Gasteiger charge is -2.17. The molecule has 1 rings (SSSR count). The van der Waals surface area contributed by atoms with Gasteiger partial charge in [-0.3, -0.25) is 0 Å². The Hall–Kier alpha value is -0.520. The molecule has 0 aliphatic rings. The molecule has 0 aromatic heterocycles. The summed E-state index contributed by atoms with van der Waals surface area (Å²) in [6, 6.07) is 7.80. The topological polar surface area (TPSA) is 35.8 Å². The van der Waals surface area contributed by atoms with E-state index in [1.165, 1.54) is 0 Å². The van der Waals surface area contributed by atoms with E-state index < -0.39 is 0 Å². The van der Waals surface area contributed by atoms with Gasteiger partial charge < -0.3 is 10.1 Å². The number of hydrogen-bond donors (Lipinski definition) is 1. The van der Waals surface area contributed by atoms with Crippen molar-refractivity contribution in [1.29, 1.82) is 0 Å². The molecule has 18 heavy (non-hydrogen) atoms. The Morgan fingerprint density at radius 3 is 2.67 bits per heavy atom. The lowest BCUT2D eigenvalue weighted by atomic mass is 10.2. The van der Waals surface area contributed by atoms with Gasteiger partial charge in [-0.2, -0.15) is 0 Å². The Morgan fingerprint density at radius 1 is 1.39 bits per heavy atom. The molecule has 0 heterocycles. The molecule has 0 unspecified atom stereocenters. The van der Waals surface area contributed by atoms with Gasteiger partial charge in [0.1, 0.15) is 5.04 Å². The molecule has 0 radical (unpaired) electrons. The van der Waals surface area contributed by atoms with Gasteiger partial charge in [0, 0.05) is 22.3 Å². The maximum Gasteiger partial charge on any atom is 0.143 e. The van der Waals surface area contributed by atoms with Crippen LogP contribution in [-0.4, -0.2) is 40.5 Å². The highest BCUT2D eigenvalue weighted by Gasteiger charge is 2.07. The Morgan fingerprint density at radius 2 is 2.11 bits per heavy atom. The van der Waals surface area contributed by atoms with Gasteiger partial charge in [0.25, 0.3) is 0 Å². The number of thioether (sulfide) groups is 1. The number of oxime groups is 1. The predicted octanol–water partition coefficient (Wildman–Crippen LogP) is 3.66. The van der Waals surface area contributed by atoms with E-state index in [0.29, 0.717) is 5.04 Å². The third kappa shape index (κ3) is 5.00.